The predicted octanol–water partition coefficient (Wildman–Crippen LogP) is 4.64. The molecule has 2 unspecified atom stereocenters. The summed E-state index contributed by atoms with van der Waals surface area (Å²) in [7, 11) is 0. The normalized spacial score (nSPS) is 13.1. The summed E-state index contributed by atoms with van der Waals surface area (Å²) < 4.78 is 5.94. The Morgan fingerprint density at radius 2 is 1.89 bits per heavy atom. The summed E-state index contributed by atoms with van der Waals surface area (Å²) in [6.45, 7) is 9.84. The van der Waals surface area contributed by atoms with Gasteiger partial charge in [0, 0.05) is 4.88 Å². The van der Waals surface area contributed by atoms with Crippen LogP contribution in [0.4, 0.5) is 5.00 Å². The molecule has 0 fully saturated rings. The van der Waals surface area contributed by atoms with E-state index < -0.39 is 12.0 Å². The topological polar surface area (TPSA) is 81.4 Å². The Hall–Kier alpha value is -2.34. The van der Waals surface area contributed by atoms with Crippen LogP contribution in [0.2, 0.25) is 0 Å². The summed E-state index contributed by atoms with van der Waals surface area (Å²) >= 11 is 1.37. The lowest BCUT2D eigenvalue weighted by molar-refractivity contribution is -0.122. The van der Waals surface area contributed by atoms with Crippen LogP contribution in [-0.2, 0) is 11.2 Å². The first-order chi connectivity index (χ1) is 12.8. The highest BCUT2D eigenvalue weighted by atomic mass is 32.1. The van der Waals surface area contributed by atoms with Gasteiger partial charge in [-0.25, -0.2) is 0 Å². The maximum Gasteiger partial charge on any atom is 0.265 e. The van der Waals surface area contributed by atoms with Gasteiger partial charge in [0.1, 0.15) is 10.8 Å². The van der Waals surface area contributed by atoms with E-state index >= 15 is 0 Å². The Labute approximate surface area is 164 Å². The van der Waals surface area contributed by atoms with Gasteiger partial charge in [0.05, 0.1) is 5.56 Å². The van der Waals surface area contributed by atoms with E-state index in [2.05, 4.69) is 19.2 Å². The van der Waals surface area contributed by atoms with Crippen LogP contribution in [0.25, 0.3) is 0 Å². The van der Waals surface area contributed by atoms with Crippen molar-refractivity contribution >= 4 is 28.2 Å². The number of aryl methyl sites for hydroxylation is 1. The molecule has 1 aromatic carbocycles. The average molecular weight is 389 g/mol. The van der Waals surface area contributed by atoms with Gasteiger partial charge >= 0.3 is 0 Å². The van der Waals surface area contributed by atoms with Gasteiger partial charge in [0.15, 0.2) is 6.10 Å². The number of anilines is 1. The first kappa shape index (κ1) is 21.0. The first-order valence-corrected chi connectivity index (χ1v) is 10.1. The molecule has 2 atom stereocenters. The number of benzene rings is 1. The monoisotopic (exact) mass is 388 g/mol. The molecule has 1 aromatic heterocycles. The maximum atomic E-state index is 12.7. The van der Waals surface area contributed by atoms with E-state index in [1.165, 1.54) is 11.3 Å². The van der Waals surface area contributed by atoms with Crippen molar-refractivity contribution in [3.05, 3.63) is 45.8 Å². The van der Waals surface area contributed by atoms with Crippen LogP contribution in [0.5, 0.6) is 5.75 Å². The minimum Gasteiger partial charge on any atom is -0.481 e. The number of amides is 2. The van der Waals surface area contributed by atoms with Crippen LogP contribution < -0.4 is 15.8 Å². The van der Waals surface area contributed by atoms with E-state index in [1.54, 1.807) is 6.92 Å². The molecule has 27 heavy (non-hydrogen) atoms. The Morgan fingerprint density at radius 1 is 1.22 bits per heavy atom. The van der Waals surface area contributed by atoms with Crippen molar-refractivity contribution in [3.8, 4) is 5.75 Å². The van der Waals surface area contributed by atoms with Crippen molar-refractivity contribution in [3.63, 3.8) is 0 Å². The number of carbonyl (C=O) groups excluding carboxylic acids is 2. The fraction of sp³-hybridized carbons (Fsp3) is 0.429. The predicted molar refractivity (Wildman–Crippen MR) is 111 cm³/mol. The first-order valence-electron chi connectivity index (χ1n) is 9.28. The van der Waals surface area contributed by atoms with Crippen LogP contribution in [-0.4, -0.2) is 17.9 Å². The minimum absolute atomic E-state index is 0.305. The van der Waals surface area contributed by atoms with Crippen molar-refractivity contribution in [2.75, 3.05) is 5.32 Å². The molecule has 0 bridgehead atoms. The fourth-order valence-electron chi connectivity index (χ4n) is 3.03. The van der Waals surface area contributed by atoms with Gasteiger partial charge in [0.2, 0.25) is 0 Å². The van der Waals surface area contributed by atoms with Crippen molar-refractivity contribution in [2.24, 2.45) is 5.73 Å². The molecule has 0 aliphatic carbocycles. The Bertz CT molecular complexity index is 829. The number of hydrogen-bond acceptors (Lipinski definition) is 4. The average Bonchev–Trinajstić information content (AvgIpc) is 2.96. The van der Waals surface area contributed by atoms with Crippen molar-refractivity contribution in [2.45, 2.75) is 59.5 Å². The second kappa shape index (κ2) is 9.04. The third-order valence-corrected chi connectivity index (χ3v) is 5.84. The number of rotatable bonds is 8. The lowest BCUT2D eigenvalue weighted by atomic mass is 9.98. The highest BCUT2D eigenvalue weighted by Gasteiger charge is 2.24. The SMILES string of the molecule is CCc1c(C)sc(NC(=O)C(C)Oc2ccccc2C(C)CC)c1C(N)=O. The highest BCUT2D eigenvalue weighted by Crippen LogP contribution is 2.34. The summed E-state index contributed by atoms with van der Waals surface area (Å²) in [6.07, 6.45) is 0.963. The maximum absolute atomic E-state index is 12.7. The van der Waals surface area contributed by atoms with Crippen molar-refractivity contribution in [1.82, 2.24) is 0 Å². The summed E-state index contributed by atoms with van der Waals surface area (Å²) in [5.74, 6) is 0.216. The molecule has 5 nitrogen and oxygen atoms in total. The second-order valence-corrected chi connectivity index (χ2v) is 7.88. The number of carbonyl (C=O) groups is 2. The Morgan fingerprint density at radius 3 is 2.48 bits per heavy atom. The number of hydrogen-bond donors (Lipinski definition) is 2. The van der Waals surface area contributed by atoms with Crippen LogP contribution in [0.15, 0.2) is 24.3 Å². The smallest absolute Gasteiger partial charge is 0.265 e. The van der Waals surface area contributed by atoms with Gasteiger partial charge in [-0.2, -0.15) is 0 Å². The molecule has 0 radical (unpaired) electrons. The molecular weight excluding hydrogens is 360 g/mol. The molecule has 0 saturated heterocycles. The molecule has 1 heterocycles. The van der Waals surface area contributed by atoms with E-state index in [9.17, 15) is 9.59 Å². The van der Waals surface area contributed by atoms with Crippen LogP contribution in [0.1, 0.15) is 66.4 Å². The van der Waals surface area contributed by atoms with Crippen molar-refractivity contribution in [1.29, 1.82) is 0 Å². The lowest BCUT2D eigenvalue weighted by Gasteiger charge is -2.19. The Kier molecular flexibility index (Phi) is 7.02. The zero-order chi connectivity index (χ0) is 20.1. The van der Waals surface area contributed by atoms with Gasteiger partial charge in [-0.15, -0.1) is 11.3 Å². The fourth-order valence-corrected chi connectivity index (χ4v) is 4.18. The molecule has 0 saturated carbocycles. The van der Waals surface area contributed by atoms with E-state index in [1.807, 2.05) is 38.1 Å². The lowest BCUT2D eigenvalue weighted by Crippen LogP contribution is -2.31. The number of nitrogens with one attached hydrogen (secondary N) is 1. The third-order valence-electron chi connectivity index (χ3n) is 4.78. The number of para-hydroxylation sites is 1. The van der Waals surface area contributed by atoms with Gasteiger partial charge in [-0.3, -0.25) is 9.59 Å². The number of ether oxygens (including phenoxy) is 1. The van der Waals surface area contributed by atoms with E-state index in [-0.39, 0.29) is 5.91 Å². The minimum atomic E-state index is -0.705. The van der Waals surface area contributed by atoms with E-state index in [4.69, 9.17) is 10.5 Å². The highest BCUT2D eigenvalue weighted by molar-refractivity contribution is 7.16. The summed E-state index contributed by atoms with van der Waals surface area (Å²) in [6, 6.07) is 7.77. The molecule has 6 heteroatoms. The number of thiophene rings is 1. The van der Waals surface area contributed by atoms with E-state index in [0.717, 1.165) is 22.4 Å². The standard InChI is InChI=1S/C21H28N2O3S/c1-6-12(3)16-10-8-9-11-17(16)26-13(4)20(25)23-21-18(19(22)24)15(7-2)14(5)27-21/h8-13H,6-7H2,1-5H3,(H2,22,24)(H,23,25). The summed E-state index contributed by atoms with van der Waals surface area (Å²) in [4.78, 5) is 25.5. The zero-order valence-electron chi connectivity index (χ0n) is 16.6. The zero-order valence-corrected chi connectivity index (χ0v) is 17.4. The molecule has 0 aliphatic rings. The molecule has 2 amide bonds. The Balaban J connectivity index is 2.20. The molecule has 2 aromatic rings. The number of primary amides is 1. The van der Waals surface area contributed by atoms with E-state index in [0.29, 0.717) is 28.7 Å². The summed E-state index contributed by atoms with van der Waals surface area (Å²) in [5, 5.41) is 3.32. The molecule has 3 N–H and O–H groups in total. The molecule has 146 valence electrons. The summed E-state index contributed by atoms with van der Waals surface area (Å²) in [5.41, 5.74) is 7.91. The van der Waals surface area contributed by atoms with Crippen LogP contribution in [0, 0.1) is 6.92 Å². The van der Waals surface area contributed by atoms with Gasteiger partial charge < -0.3 is 15.8 Å². The molecular formula is C21H28N2O3S. The second-order valence-electron chi connectivity index (χ2n) is 6.66. The molecule has 0 spiro atoms. The van der Waals surface area contributed by atoms with Gasteiger partial charge in [-0.1, -0.05) is 39.0 Å². The molecule has 2 rings (SSSR count). The quantitative estimate of drug-likeness (QED) is 0.691. The van der Waals surface area contributed by atoms with Crippen LogP contribution >= 0.6 is 11.3 Å². The largest absolute Gasteiger partial charge is 0.481 e. The van der Waals surface area contributed by atoms with Gasteiger partial charge in [0.25, 0.3) is 11.8 Å². The molecule has 0 aliphatic heterocycles. The van der Waals surface area contributed by atoms with Gasteiger partial charge in [-0.05, 0) is 49.8 Å². The number of nitrogens with two attached hydrogens (primary N) is 1. The third kappa shape index (κ3) is 4.69. The van der Waals surface area contributed by atoms with Crippen LogP contribution in [0.3, 0.4) is 0 Å². The van der Waals surface area contributed by atoms with Crippen molar-refractivity contribution < 1.29 is 14.3 Å².